The van der Waals surface area contributed by atoms with E-state index in [1.54, 1.807) is 24.4 Å². The van der Waals surface area contributed by atoms with E-state index >= 15 is 0 Å². The summed E-state index contributed by atoms with van der Waals surface area (Å²) in [4.78, 5) is 22.6. The number of nitriles is 1. The van der Waals surface area contributed by atoms with Crippen molar-refractivity contribution < 1.29 is 4.74 Å². The van der Waals surface area contributed by atoms with Crippen molar-refractivity contribution in [2.75, 3.05) is 0 Å². The monoisotopic (exact) mass is 450 g/mol. The summed E-state index contributed by atoms with van der Waals surface area (Å²) in [6.45, 7) is 3.95. The molecule has 0 saturated carbocycles. The summed E-state index contributed by atoms with van der Waals surface area (Å²) >= 11 is 1.40. The van der Waals surface area contributed by atoms with E-state index in [2.05, 4.69) is 16.0 Å². The molecule has 0 aliphatic carbocycles. The number of aryl methyl sites for hydroxylation is 2. The molecule has 2 aromatic carbocycles. The van der Waals surface area contributed by atoms with Crippen LogP contribution in [0.5, 0.6) is 11.6 Å². The quantitative estimate of drug-likeness (QED) is 0.324. The van der Waals surface area contributed by atoms with E-state index < -0.39 is 0 Å². The molecule has 0 bridgehead atoms. The minimum atomic E-state index is -0.325. The van der Waals surface area contributed by atoms with Crippen molar-refractivity contribution in [2.45, 2.75) is 13.8 Å². The molecule has 33 heavy (non-hydrogen) atoms. The van der Waals surface area contributed by atoms with Crippen LogP contribution in [0.4, 0.5) is 0 Å². The van der Waals surface area contributed by atoms with Crippen LogP contribution in [-0.4, -0.2) is 14.4 Å². The second kappa shape index (κ2) is 8.34. The Labute approximate surface area is 193 Å². The Morgan fingerprint density at radius 3 is 2.58 bits per heavy atom. The van der Waals surface area contributed by atoms with E-state index in [4.69, 9.17) is 4.74 Å². The number of thiazole rings is 1. The fourth-order valence-electron chi connectivity index (χ4n) is 3.66. The van der Waals surface area contributed by atoms with Crippen molar-refractivity contribution in [1.82, 2.24) is 14.4 Å². The molecule has 6 nitrogen and oxygen atoms in total. The van der Waals surface area contributed by atoms with Crippen LogP contribution in [0.25, 0.3) is 27.5 Å². The first kappa shape index (κ1) is 20.6. The number of pyridine rings is 1. The number of aromatic nitrogens is 3. The maximum Gasteiger partial charge on any atom is 0.269 e. The van der Waals surface area contributed by atoms with Gasteiger partial charge in [-0.2, -0.15) is 10.2 Å². The van der Waals surface area contributed by atoms with Gasteiger partial charge in [0.05, 0.1) is 15.8 Å². The molecule has 0 aliphatic heterocycles. The Morgan fingerprint density at radius 1 is 1.06 bits per heavy atom. The first-order chi connectivity index (χ1) is 16.0. The number of hydrogen-bond donors (Lipinski definition) is 0. The Kier molecular flexibility index (Phi) is 5.21. The Balaban J connectivity index is 1.71. The van der Waals surface area contributed by atoms with Gasteiger partial charge in [0.25, 0.3) is 5.56 Å². The van der Waals surface area contributed by atoms with Gasteiger partial charge in [0, 0.05) is 6.20 Å². The molecule has 160 valence electrons. The number of hydrogen-bond acceptors (Lipinski definition) is 6. The summed E-state index contributed by atoms with van der Waals surface area (Å²) in [5.74, 6) is 0.720. The molecule has 0 radical (unpaired) electrons. The first-order valence-corrected chi connectivity index (χ1v) is 11.1. The Morgan fingerprint density at radius 2 is 1.82 bits per heavy atom. The van der Waals surface area contributed by atoms with Crippen molar-refractivity contribution in [2.24, 2.45) is 0 Å². The van der Waals surface area contributed by atoms with Gasteiger partial charge in [-0.25, -0.2) is 4.98 Å². The molecule has 0 aliphatic rings. The predicted molar refractivity (Wildman–Crippen MR) is 131 cm³/mol. The molecule has 0 N–H and O–H groups in total. The second-order valence-corrected chi connectivity index (χ2v) is 8.68. The molecule has 0 spiro atoms. The normalized spacial score (nSPS) is 11.6. The fourth-order valence-corrected chi connectivity index (χ4v) is 4.59. The number of ether oxygens (including phenoxy) is 1. The molecule has 7 heteroatoms. The molecule has 0 atom stereocenters. The molecular weight excluding hydrogens is 432 g/mol. The number of benzene rings is 2. The number of fused-ring (bicyclic) bond motifs is 2. The summed E-state index contributed by atoms with van der Waals surface area (Å²) < 4.78 is 8.51. The van der Waals surface area contributed by atoms with Gasteiger partial charge in [-0.05, 0) is 67.4 Å². The van der Waals surface area contributed by atoms with Crippen molar-refractivity contribution in [3.8, 4) is 17.7 Å². The van der Waals surface area contributed by atoms with Crippen LogP contribution in [0, 0.1) is 25.2 Å². The van der Waals surface area contributed by atoms with Crippen molar-refractivity contribution in [3.63, 3.8) is 0 Å². The lowest BCUT2D eigenvalue weighted by molar-refractivity contribution is 0.460. The highest BCUT2D eigenvalue weighted by atomic mass is 32.1. The van der Waals surface area contributed by atoms with Gasteiger partial charge in [0.15, 0.2) is 0 Å². The molecule has 3 aromatic heterocycles. The van der Waals surface area contributed by atoms with Gasteiger partial charge in [0.2, 0.25) is 5.88 Å². The maximum absolute atomic E-state index is 13.4. The largest absolute Gasteiger partial charge is 0.438 e. The van der Waals surface area contributed by atoms with Crippen LogP contribution in [0.3, 0.4) is 0 Å². The summed E-state index contributed by atoms with van der Waals surface area (Å²) in [7, 11) is 0. The third-order valence-electron chi connectivity index (χ3n) is 5.08. The van der Waals surface area contributed by atoms with Gasteiger partial charge < -0.3 is 4.74 Å². The SMILES string of the molecule is Cc1cc(C)cc(Oc2nc3ccccn3c(=O)c2/C=C(\C#N)c2nc3ccccc3s2)c1. The van der Waals surface area contributed by atoms with E-state index in [0.29, 0.717) is 16.4 Å². The van der Waals surface area contributed by atoms with Gasteiger partial charge in [-0.15, -0.1) is 11.3 Å². The topological polar surface area (TPSA) is 80.3 Å². The highest BCUT2D eigenvalue weighted by molar-refractivity contribution is 7.19. The van der Waals surface area contributed by atoms with Crippen molar-refractivity contribution >= 4 is 38.8 Å². The van der Waals surface area contributed by atoms with Gasteiger partial charge in [-0.1, -0.05) is 24.3 Å². The number of nitrogens with zero attached hydrogens (tertiary/aromatic N) is 4. The first-order valence-electron chi connectivity index (χ1n) is 10.3. The van der Waals surface area contributed by atoms with Crippen LogP contribution in [0.15, 0.2) is 71.7 Å². The maximum atomic E-state index is 13.4. The number of rotatable bonds is 4. The van der Waals surface area contributed by atoms with Gasteiger partial charge in [-0.3, -0.25) is 9.20 Å². The predicted octanol–water partition coefficient (Wildman–Crippen LogP) is 5.78. The van der Waals surface area contributed by atoms with Crippen LogP contribution >= 0.6 is 11.3 Å². The van der Waals surface area contributed by atoms with Gasteiger partial charge in [0.1, 0.15) is 28.0 Å². The fraction of sp³-hybridized carbons (Fsp3) is 0.0769. The van der Waals surface area contributed by atoms with E-state index in [1.807, 2.05) is 56.3 Å². The van der Waals surface area contributed by atoms with Crippen LogP contribution in [-0.2, 0) is 0 Å². The van der Waals surface area contributed by atoms with Crippen molar-refractivity contribution in [1.29, 1.82) is 5.26 Å². The summed E-state index contributed by atoms with van der Waals surface area (Å²) in [5.41, 5.74) is 3.47. The summed E-state index contributed by atoms with van der Waals surface area (Å²) in [6, 6.07) is 21.0. The second-order valence-electron chi connectivity index (χ2n) is 7.65. The van der Waals surface area contributed by atoms with Gasteiger partial charge >= 0.3 is 0 Å². The lowest BCUT2D eigenvalue weighted by atomic mass is 10.1. The molecule has 0 fully saturated rings. The average molecular weight is 451 g/mol. The molecule has 0 saturated heterocycles. The molecule has 5 aromatic rings. The van der Waals surface area contributed by atoms with Crippen LogP contribution < -0.4 is 10.3 Å². The van der Waals surface area contributed by atoms with Crippen LogP contribution in [0.1, 0.15) is 21.7 Å². The lowest BCUT2D eigenvalue weighted by Crippen LogP contribution is -2.18. The Bertz CT molecular complexity index is 1600. The standard InChI is InChI=1S/C26H18N4O2S/c1-16-11-17(2)13-19(12-16)32-24-20(26(31)30-10-6-5-9-23(30)29-24)14-18(15-27)25-28-21-7-3-4-8-22(21)33-25/h3-14H,1-2H3/b18-14+. The highest BCUT2D eigenvalue weighted by Crippen LogP contribution is 2.30. The minimum Gasteiger partial charge on any atom is -0.438 e. The van der Waals surface area contributed by atoms with E-state index in [9.17, 15) is 10.1 Å². The lowest BCUT2D eigenvalue weighted by Gasteiger charge is -2.11. The highest BCUT2D eigenvalue weighted by Gasteiger charge is 2.17. The molecular formula is C26H18N4O2S. The smallest absolute Gasteiger partial charge is 0.269 e. The third-order valence-corrected chi connectivity index (χ3v) is 6.15. The van der Waals surface area contributed by atoms with Crippen LogP contribution in [0.2, 0.25) is 0 Å². The minimum absolute atomic E-state index is 0.144. The third kappa shape index (κ3) is 4.00. The molecule has 5 rings (SSSR count). The van der Waals surface area contributed by atoms with Crippen molar-refractivity contribution in [3.05, 3.63) is 98.9 Å². The molecule has 3 heterocycles. The number of para-hydroxylation sites is 1. The summed E-state index contributed by atoms with van der Waals surface area (Å²) in [6.07, 6.45) is 3.16. The van der Waals surface area contributed by atoms with E-state index in [-0.39, 0.29) is 22.6 Å². The zero-order valence-corrected chi connectivity index (χ0v) is 18.8. The average Bonchev–Trinajstić information content (AvgIpc) is 3.22. The van der Waals surface area contributed by atoms with E-state index in [1.165, 1.54) is 21.8 Å². The number of allylic oxidation sites excluding steroid dienone is 1. The zero-order chi connectivity index (χ0) is 22.9. The van der Waals surface area contributed by atoms with E-state index in [0.717, 1.165) is 21.3 Å². The summed E-state index contributed by atoms with van der Waals surface area (Å²) in [5, 5.41) is 10.4. The molecule has 0 amide bonds. The zero-order valence-electron chi connectivity index (χ0n) is 17.9. The molecule has 0 unspecified atom stereocenters. The Hall–Kier alpha value is -4.28.